The van der Waals surface area contributed by atoms with Crippen molar-refractivity contribution in [1.29, 1.82) is 0 Å². The zero-order valence-corrected chi connectivity index (χ0v) is 11.2. The number of hydrogen-bond acceptors (Lipinski definition) is 3. The summed E-state index contributed by atoms with van der Waals surface area (Å²) in [5, 5.41) is 8.56. The second-order valence-corrected chi connectivity index (χ2v) is 5.47. The molecule has 0 bridgehead atoms. The van der Waals surface area contributed by atoms with Gasteiger partial charge >= 0.3 is 0 Å². The van der Waals surface area contributed by atoms with Gasteiger partial charge in [-0.05, 0) is 12.8 Å². The lowest BCUT2D eigenvalue weighted by atomic mass is 10.1. The molecule has 1 aromatic heterocycles. The number of likely N-dealkylation sites (tertiary alicyclic amines) is 1. The second kappa shape index (κ2) is 5.15. The third-order valence-electron chi connectivity index (χ3n) is 4.10. The van der Waals surface area contributed by atoms with Gasteiger partial charge in [0.25, 0.3) is 0 Å². The summed E-state index contributed by atoms with van der Waals surface area (Å²) in [4.78, 5) is 13.8. The van der Waals surface area contributed by atoms with E-state index < -0.39 is 0 Å². The molecule has 2 aliphatic heterocycles. The van der Waals surface area contributed by atoms with Gasteiger partial charge in [0.15, 0.2) is 5.82 Å². The molecule has 0 spiro atoms. The molecule has 1 saturated heterocycles. The number of nitrogens with zero attached hydrogens (tertiary/aromatic N) is 4. The van der Waals surface area contributed by atoms with Gasteiger partial charge in [-0.3, -0.25) is 4.79 Å². The minimum atomic E-state index is 0.205. The first-order valence-corrected chi connectivity index (χ1v) is 7.09. The van der Waals surface area contributed by atoms with E-state index in [0.29, 0.717) is 18.9 Å². The quantitative estimate of drug-likeness (QED) is 0.775. The highest BCUT2D eigenvalue weighted by Crippen LogP contribution is 2.21. The van der Waals surface area contributed by atoms with Gasteiger partial charge < -0.3 is 9.47 Å². The first-order valence-electron chi connectivity index (χ1n) is 7.09. The van der Waals surface area contributed by atoms with Crippen molar-refractivity contribution in [3.05, 3.63) is 24.3 Å². The van der Waals surface area contributed by atoms with Crippen LogP contribution in [0.1, 0.15) is 37.3 Å². The van der Waals surface area contributed by atoms with Crippen LogP contribution in [-0.4, -0.2) is 32.1 Å². The maximum absolute atomic E-state index is 11.9. The van der Waals surface area contributed by atoms with E-state index in [4.69, 9.17) is 0 Å². The molecule has 2 aliphatic rings. The van der Waals surface area contributed by atoms with E-state index in [-0.39, 0.29) is 5.91 Å². The predicted octanol–water partition coefficient (Wildman–Crippen LogP) is 1.54. The first kappa shape index (κ1) is 12.4. The summed E-state index contributed by atoms with van der Waals surface area (Å²) in [5.74, 6) is 2.52. The summed E-state index contributed by atoms with van der Waals surface area (Å²) in [5.41, 5.74) is 0. The minimum Gasteiger partial charge on any atom is -0.335 e. The molecular formula is C14H20N4O. The molecule has 0 N–H and O–H groups in total. The predicted molar refractivity (Wildman–Crippen MR) is 71.3 cm³/mol. The van der Waals surface area contributed by atoms with Crippen LogP contribution < -0.4 is 0 Å². The van der Waals surface area contributed by atoms with Crippen molar-refractivity contribution in [1.82, 2.24) is 19.7 Å². The van der Waals surface area contributed by atoms with Crippen LogP contribution in [0.25, 0.3) is 0 Å². The maximum Gasteiger partial charge on any atom is 0.223 e. The highest BCUT2D eigenvalue weighted by molar-refractivity contribution is 5.78. The average Bonchev–Trinajstić information content (AvgIpc) is 2.86. The van der Waals surface area contributed by atoms with E-state index in [0.717, 1.165) is 31.2 Å². The number of hydrogen-bond donors (Lipinski definition) is 0. The van der Waals surface area contributed by atoms with Crippen molar-refractivity contribution in [3.8, 4) is 0 Å². The van der Waals surface area contributed by atoms with Crippen molar-refractivity contribution in [2.24, 2.45) is 5.92 Å². The lowest BCUT2D eigenvalue weighted by molar-refractivity contribution is -0.128. The molecule has 1 aromatic rings. The van der Waals surface area contributed by atoms with E-state index in [1.165, 1.54) is 19.3 Å². The lowest BCUT2D eigenvalue weighted by Gasteiger charge is -2.16. The Hall–Kier alpha value is -1.65. The number of aromatic nitrogens is 3. The number of carbonyl (C=O) groups is 1. The van der Waals surface area contributed by atoms with E-state index in [1.54, 1.807) is 0 Å². The molecule has 5 heteroatoms. The second-order valence-electron chi connectivity index (χ2n) is 5.47. The van der Waals surface area contributed by atoms with Crippen molar-refractivity contribution in [3.63, 3.8) is 0 Å². The minimum absolute atomic E-state index is 0.205. The number of rotatable bonds is 3. The molecule has 1 amide bonds. The molecule has 102 valence electrons. The topological polar surface area (TPSA) is 51.0 Å². The molecule has 1 fully saturated rings. The van der Waals surface area contributed by atoms with Crippen LogP contribution >= 0.6 is 0 Å². The van der Waals surface area contributed by atoms with Crippen LogP contribution in [0.2, 0.25) is 0 Å². The Kier molecular flexibility index (Phi) is 3.36. The van der Waals surface area contributed by atoms with Gasteiger partial charge in [-0.2, -0.15) is 0 Å². The number of fused-ring (bicyclic) bond motifs is 1. The molecule has 0 saturated carbocycles. The van der Waals surface area contributed by atoms with E-state index in [1.807, 2.05) is 11.0 Å². The molecule has 0 aromatic carbocycles. The van der Waals surface area contributed by atoms with Gasteiger partial charge in [0.1, 0.15) is 5.82 Å². The fourth-order valence-corrected chi connectivity index (χ4v) is 2.95. The fraction of sp³-hybridized carbons (Fsp3) is 0.643. The molecule has 1 unspecified atom stereocenters. The fourth-order valence-electron chi connectivity index (χ4n) is 2.95. The van der Waals surface area contributed by atoms with Crippen molar-refractivity contribution in [2.45, 2.75) is 45.2 Å². The Balaban J connectivity index is 1.75. The molecule has 5 nitrogen and oxygen atoms in total. The molecule has 19 heavy (non-hydrogen) atoms. The Labute approximate surface area is 113 Å². The molecule has 0 aliphatic carbocycles. The highest BCUT2D eigenvalue weighted by atomic mass is 16.2. The summed E-state index contributed by atoms with van der Waals surface area (Å²) in [7, 11) is 0. The van der Waals surface area contributed by atoms with E-state index >= 15 is 0 Å². The SMILES string of the molecule is C=CC1CC(=O)N(Cc2nnc3n2CCCCC3)C1. The van der Waals surface area contributed by atoms with E-state index in [9.17, 15) is 4.79 Å². The number of carbonyl (C=O) groups excluding carboxylic acids is 1. The Morgan fingerprint density at radius 3 is 3.00 bits per heavy atom. The van der Waals surface area contributed by atoms with Crippen LogP contribution in [0, 0.1) is 5.92 Å². The number of amides is 1. The molecule has 3 rings (SSSR count). The molecule has 3 heterocycles. The van der Waals surface area contributed by atoms with Gasteiger partial charge in [-0.25, -0.2) is 0 Å². The summed E-state index contributed by atoms with van der Waals surface area (Å²) in [6.07, 6.45) is 7.10. The lowest BCUT2D eigenvalue weighted by Crippen LogP contribution is -2.26. The normalized spacial score (nSPS) is 23.3. The largest absolute Gasteiger partial charge is 0.335 e. The smallest absolute Gasteiger partial charge is 0.223 e. The third kappa shape index (κ3) is 2.41. The monoisotopic (exact) mass is 260 g/mol. The van der Waals surface area contributed by atoms with Gasteiger partial charge in [0.2, 0.25) is 5.91 Å². The standard InChI is InChI=1S/C14H20N4O/c1-2-11-8-14(19)17(9-11)10-13-16-15-12-6-4-3-5-7-18(12)13/h2,11H,1,3-10H2. The Morgan fingerprint density at radius 2 is 2.21 bits per heavy atom. The van der Waals surface area contributed by atoms with Crippen molar-refractivity contribution < 1.29 is 4.79 Å². The van der Waals surface area contributed by atoms with Crippen LogP contribution in [0.4, 0.5) is 0 Å². The third-order valence-corrected chi connectivity index (χ3v) is 4.10. The zero-order chi connectivity index (χ0) is 13.2. The van der Waals surface area contributed by atoms with Crippen LogP contribution in [0.3, 0.4) is 0 Å². The molecule has 1 atom stereocenters. The zero-order valence-electron chi connectivity index (χ0n) is 11.2. The summed E-state index contributed by atoms with van der Waals surface area (Å²) in [6, 6.07) is 0. The highest BCUT2D eigenvalue weighted by Gasteiger charge is 2.29. The van der Waals surface area contributed by atoms with Crippen LogP contribution in [0.5, 0.6) is 0 Å². The Bertz CT molecular complexity index is 494. The molecule has 0 radical (unpaired) electrons. The summed E-state index contributed by atoms with van der Waals surface area (Å²) in [6.45, 7) is 6.13. The summed E-state index contributed by atoms with van der Waals surface area (Å²) >= 11 is 0. The van der Waals surface area contributed by atoms with Gasteiger partial charge in [-0.1, -0.05) is 12.5 Å². The van der Waals surface area contributed by atoms with Gasteiger partial charge in [-0.15, -0.1) is 16.8 Å². The first-order chi connectivity index (χ1) is 9.28. The number of aryl methyl sites for hydroxylation is 1. The summed E-state index contributed by atoms with van der Waals surface area (Å²) < 4.78 is 2.21. The van der Waals surface area contributed by atoms with Crippen LogP contribution in [-0.2, 0) is 24.3 Å². The Morgan fingerprint density at radius 1 is 1.32 bits per heavy atom. The average molecular weight is 260 g/mol. The van der Waals surface area contributed by atoms with Crippen LogP contribution in [0.15, 0.2) is 12.7 Å². The maximum atomic E-state index is 11.9. The van der Waals surface area contributed by atoms with Gasteiger partial charge in [0, 0.05) is 31.8 Å². The van der Waals surface area contributed by atoms with Gasteiger partial charge in [0.05, 0.1) is 6.54 Å². The van der Waals surface area contributed by atoms with Crippen molar-refractivity contribution in [2.75, 3.05) is 6.54 Å². The molecular weight excluding hydrogens is 240 g/mol. The van der Waals surface area contributed by atoms with Crippen molar-refractivity contribution >= 4 is 5.91 Å². The van der Waals surface area contributed by atoms with E-state index in [2.05, 4.69) is 21.3 Å².